The Morgan fingerprint density at radius 2 is 1.70 bits per heavy atom. The summed E-state index contributed by atoms with van der Waals surface area (Å²) in [6.07, 6.45) is 0.135. The molecule has 0 saturated carbocycles. The Morgan fingerprint density at radius 1 is 1.00 bits per heavy atom. The lowest BCUT2D eigenvalue weighted by Gasteiger charge is -2.10. The number of para-hydroxylation sites is 1. The van der Waals surface area contributed by atoms with Crippen molar-refractivity contribution in [2.75, 3.05) is 17.7 Å². The van der Waals surface area contributed by atoms with Crippen molar-refractivity contribution in [3.63, 3.8) is 0 Å². The van der Waals surface area contributed by atoms with Crippen molar-refractivity contribution in [1.82, 2.24) is 10.2 Å². The number of nitrogens with one attached hydrogen (secondary N) is 2. The highest BCUT2D eigenvalue weighted by atomic mass is 19.1. The van der Waals surface area contributed by atoms with Gasteiger partial charge in [0.2, 0.25) is 5.91 Å². The van der Waals surface area contributed by atoms with Crippen LogP contribution in [0.2, 0.25) is 0 Å². The van der Waals surface area contributed by atoms with Gasteiger partial charge in [-0.25, -0.2) is 4.39 Å². The molecule has 0 saturated heterocycles. The number of rotatable bonds is 7. The number of carbonyl (C=O) groups excluding carboxylic acids is 1. The summed E-state index contributed by atoms with van der Waals surface area (Å²) in [5, 5.41) is 13.9. The first-order valence-electron chi connectivity index (χ1n) is 8.38. The molecule has 0 aliphatic rings. The summed E-state index contributed by atoms with van der Waals surface area (Å²) in [5.41, 5.74) is 1.72. The highest BCUT2D eigenvalue weighted by molar-refractivity contribution is 5.91. The smallest absolute Gasteiger partial charge is 0.229 e. The fraction of sp³-hybridized carbons (Fsp3) is 0.150. The van der Waals surface area contributed by atoms with Crippen LogP contribution >= 0.6 is 0 Å². The van der Waals surface area contributed by atoms with Gasteiger partial charge in [0.15, 0.2) is 5.82 Å². The molecule has 0 unspecified atom stereocenters. The second kappa shape index (κ2) is 8.75. The summed E-state index contributed by atoms with van der Waals surface area (Å²) in [4.78, 5) is 12.0. The van der Waals surface area contributed by atoms with Gasteiger partial charge in [-0.05, 0) is 35.9 Å². The molecule has 1 aromatic heterocycles. The molecular weight excluding hydrogens is 347 g/mol. The van der Waals surface area contributed by atoms with Crippen LogP contribution in [0.5, 0.6) is 5.75 Å². The molecule has 7 heteroatoms. The summed E-state index contributed by atoms with van der Waals surface area (Å²) in [5.74, 6) is 1.15. The second-order valence-corrected chi connectivity index (χ2v) is 5.82. The zero-order valence-electron chi connectivity index (χ0n) is 14.8. The van der Waals surface area contributed by atoms with Crippen LogP contribution < -0.4 is 15.4 Å². The van der Waals surface area contributed by atoms with Crippen molar-refractivity contribution in [1.29, 1.82) is 0 Å². The molecule has 0 atom stereocenters. The van der Waals surface area contributed by atoms with Gasteiger partial charge in [0.1, 0.15) is 17.4 Å². The number of methoxy groups -OCH3 is 1. The lowest BCUT2D eigenvalue weighted by Crippen LogP contribution is -2.16. The molecule has 0 aliphatic heterocycles. The first kappa shape index (κ1) is 18.3. The minimum atomic E-state index is -0.332. The molecule has 0 spiro atoms. The Labute approximate surface area is 156 Å². The quantitative estimate of drug-likeness (QED) is 0.670. The minimum absolute atomic E-state index is 0.135. The third kappa shape index (κ3) is 5.24. The van der Waals surface area contributed by atoms with E-state index in [1.807, 2.05) is 24.3 Å². The van der Waals surface area contributed by atoms with E-state index in [4.69, 9.17) is 4.74 Å². The molecule has 1 heterocycles. The summed E-state index contributed by atoms with van der Waals surface area (Å²) in [6, 6.07) is 16.9. The highest BCUT2D eigenvalue weighted by Gasteiger charge is 2.07. The first-order chi connectivity index (χ1) is 13.1. The van der Waals surface area contributed by atoms with E-state index in [1.54, 1.807) is 31.4 Å². The van der Waals surface area contributed by atoms with Crippen molar-refractivity contribution >= 4 is 17.5 Å². The second-order valence-electron chi connectivity index (χ2n) is 5.82. The highest BCUT2D eigenvalue weighted by Crippen LogP contribution is 2.18. The minimum Gasteiger partial charge on any atom is -0.496 e. The van der Waals surface area contributed by atoms with Gasteiger partial charge < -0.3 is 15.4 Å². The van der Waals surface area contributed by atoms with Crippen LogP contribution in [0.15, 0.2) is 60.7 Å². The van der Waals surface area contributed by atoms with Gasteiger partial charge in [-0.1, -0.05) is 30.3 Å². The molecule has 6 nitrogen and oxygen atoms in total. The molecule has 0 radical (unpaired) electrons. The fourth-order valence-electron chi connectivity index (χ4n) is 2.50. The van der Waals surface area contributed by atoms with Gasteiger partial charge in [-0.3, -0.25) is 4.79 Å². The summed E-state index contributed by atoms with van der Waals surface area (Å²) >= 11 is 0. The maximum atomic E-state index is 12.9. The van der Waals surface area contributed by atoms with Gasteiger partial charge in [-0.2, -0.15) is 0 Å². The van der Waals surface area contributed by atoms with Crippen LogP contribution in [-0.4, -0.2) is 23.2 Å². The van der Waals surface area contributed by atoms with Crippen LogP contribution in [0, 0.1) is 5.82 Å². The Hall–Kier alpha value is -3.48. The normalized spacial score (nSPS) is 10.3. The Kier molecular flexibility index (Phi) is 5.94. The number of halogens is 1. The molecule has 0 fully saturated rings. The molecule has 3 aromatic rings. The zero-order valence-corrected chi connectivity index (χ0v) is 14.8. The molecule has 1 amide bonds. The number of amides is 1. The SMILES string of the molecule is COc1ccccc1CNc1ccc(NC(=O)Cc2ccc(F)cc2)nn1. The van der Waals surface area contributed by atoms with E-state index < -0.39 is 0 Å². The van der Waals surface area contributed by atoms with Crippen LogP contribution in [0.25, 0.3) is 0 Å². The predicted molar refractivity (Wildman–Crippen MR) is 101 cm³/mol. The van der Waals surface area contributed by atoms with Gasteiger partial charge in [0, 0.05) is 12.1 Å². The lowest BCUT2D eigenvalue weighted by atomic mass is 10.1. The topological polar surface area (TPSA) is 76.1 Å². The van der Waals surface area contributed by atoms with E-state index in [2.05, 4.69) is 20.8 Å². The van der Waals surface area contributed by atoms with E-state index in [9.17, 15) is 9.18 Å². The Morgan fingerprint density at radius 3 is 2.41 bits per heavy atom. The van der Waals surface area contributed by atoms with E-state index >= 15 is 0 Å². The van der Waals surface area contributed by atoms with Crippen molar-refractivity contribution in [2.45, 2.75) is 13.0 Å². The third-order valence-corrected chi connectivity index (χ3v) is 3.86. The van der Waals surface area contributed by atoms with Crippen LogP contribution in [0.1, 0.15) is 11.1 Å². The Bertz CT molecular complexity index is 899. The molecule has 138 valence electrons. The number of ether oxygens (including phenoxy) is 1. The van der Waals surface area contributed by atoms with Gasteiger partial charge >= 0.3 is 0 Å². The molecule has 3 rings (SSSR count). The average Bonchev–Trinajstić information content (AvgIpc) is 2.69. The molecule has 0 bridgehead atoms. The van der Waals surface area contributed by atoms with E-state index in [0.29, 0.717) is 18.2 Å². The molecule has 2 N–H and O–H groups in total. The largest absolute Gasteiger partial charge is 0.496 e. The maximum Gasteiger partial charge on any atom is 0.229 e. The van der Waals surface area contributed by atoms with Gasteiger partial charge in [0.25, 0.3) is 0 Å². The number of carbonyl (C=O) groups is 1. The summed E-state index contributed by atoms with van der Waals surface area (Å²) in [6.45, 7) is 0.537. The number of anilines is 2. The van der Waals surface area contributed by atoms with Gasteiger partial charge in [-0.15, -0.1) is 10.2 Å². The maximum absolute atomic E-state index is 12.9. The van der Waals surface area contributed by atoms with Crippen LogP contribution in [-0.2, 0) is 17.8 Å². The number of benzene rings is 2. The van der Waals surface area contributed by atoms with E-state index in [-0.39, 0.29) is 18.1 Å². The first-order valence-corrected chi connectivity index (χ1v) is 8.38. The number of aromatic nitrogens is 2. The standard InChI is InChI=1S/C20H19FN4O2/c1-27-17-5-3-2-4-15(17)13-22-18-10-11-19(25-24-18)23-20(26)12-14-6-8-16(21)9-7-14/h2-11H,12-13H2,1H3,(H,22,24)(H,23,25,26). The zero-order chi connectivity index (χ0) is 19.1. The number of nitrogens with zero attached hydrogens (tertiary/aromatic N) is 2. The van der Waals surface area contributed by atoms with Crippen molar-refractivity contribution in [3.05, 3.63) is 77.6 Å². The van der Waals surface area contributed by atoms with Crippen molar-refractivity contribution in [3.8, 4) is 5.75 Å². The molecule has 27 heavy (non-hydrogen) atoms. The molecule has 0 aliphatic carbocycles. The van der Waals surface area contributed by atoms with Crippen LogP contribution in [0.4, 0.5) is 16.0 Å². The van der Waals surface area contributed by atoms with E-state index in [1.165, 1.54) is 12.1 Å². The average molecular weight is 366 g/mol. The summed E-state index contributed by atoms with van der Waals surface area (Å²) in [7, 11) is 1.63. The monoisotopic (exact) mass is 366 g/mol. The lowest BCUT2D eigenvalue weighted by molar-refractivity contribution is -0.115. The van der Waals surface area contributed by atoms with Crippen molar-refractivity contribution in [2.24, 2.45) is 0 Å². The van der Waals surface area contributed by atoms with Crippen LogP contribution in [0.3, 0.4) is 0 Å². The van der Waals surface area contributed by atoms with Gasteiger partial charge in [0.05, 0.1) is 13.5 Å². The predicted octanol–water partition coefficient (Wildman–Crippen LogP) is 3.42. The summed E-state index contributed by atoms with van der Waals surface area (Å²) < 4.78 is 18.2. The Balaban J connectivity index is 1.53. The number of hydrogen-bond donors (Lipinski definition) is 2. The third-order valence-electron chi connectivity index (χ3n) is 3.86. The molecule has 2 aromatic carbocycles. The van der Waals surface area contributed by atoms with Crippen molar-refractivity contribution < 1.29 is 13.9 Å². The molecular formula is C20H19FN4O2. The number of hydrogen-bond acceptors (Lipinski definition) is 5. The fourth-order valence-corrected chi connectivity index (χ4v) is 2.50. The van der Waals surface area contributed by atoms with E-state index in [0.717, 1.165) is 16.9 Å².